The molecular weight excluding hydrogens is 460 g/mol. The lowest BCUT2D eigenvalue weighted by Gasteiger charge is -2.16. The Balaban J connectivity index is 1.65. The molecule has 0 unspecified atom stereocenters. The molecule has 1 amide bonds. The Morgan fingerprint density at radius 3 is 2.37 bits per heavy atom. The van der Waals surface area contributed by atoms with Crippen LogP contribution in [-0.4, -0.2) is 26.6 Å². The zero-order valence-corrected chi connectivity index (χ0v) is 19.0. The minimum absolute atomic E-state index is 0.0373. The van der Waals surface area contributed by atoms with Crippen LogP contribution in [0.1, 0.15) is 48.8 Å². The molecule has 0 saturated heterocycles. The van der Waals surface area contributed by atoms with Crippen LogP contribution in [-0.2, 0) is 13.0 Å². The number of benzene rings is 2. The highest BCUT2D eigenvalue weighted by atomic mass is 79.9. The van der Waals surface area contributed by atoms with E-state index < -0.39 is 0 Å². The molecule has 150 valence electrons. The second-order valence-electron chi connectivity index (χ2n) is 7.29. The Morgan fingerprint density at radius 1 is 1.03 bits per heavy atom. The first-order chi connectivity index (χ1) is 14.4. The van der Waals surface area contributed by atoms with Crippen LogP contribution in [0.5, 0.6) is 0 Å². The maximum atomic E-state index is 13.0. The van der Waals surface area contributed by atoms with E-state index in [0.717, 1.165) is 32.6 Å². The lowest BCUT2D eigenvalue weighted by atomic mass is 9.95. The Hall–Kier alpha value is -2.70. The highest BCUT2D eigenvalue weighted by molar-refractivity contribution is 9.10. The van der Waals surface area contributed by atoms with Gasteiger partial charge in [-0.3, -0.25) is 19.5 Å². The third-order valence-corrected chi connectivity index (χ3v) is 6.35. The monoisotopic (exact) mass is 478 g/mol. The quantitative estimate of drug-likeness (QED) is 0.381. The van der Waals surface area contributed by atoms with Crippen LogP contribution in [0, 0.1) is 13.8 Å². The van der Waals surface area contributed by atoms with Crippen molar-refractivity contribution in [1.82, 2.24) is 9.88 Å². The van der Waals surface area contributed by atoms with E-state index in [1.54, 1.807) is 17.0 Å². The summed E-state index contributed by atoms with van der Waals surface area (Å²) in [4.78, 5) is 32.5. The molecule has 0 N–H and O–H groups in total. The van der Waals surface area contributed by atoms with Gasteiger partial charge in [-0.25, -0.2) is 0 Å². The number of aryl methyl sites for hydroxylation is 1. The Kier molecular flexibility index (Phi) is 5.62. The second kappa shape index (κ2) is 8.20. The Labute approximate surface area is 189 Å². The standard InChI is InChI=1S/C24H19BrN2O2S/c1-14-19(12-21(28)16-6-4-3-5-7-16)15(2)26-20-13-27(24(30)22(14)20)23(29)17-8-10-18(25)11-9-17/h3-11H,12-13H2,1-2H3. The van der Waals surface area contributed by atoms with Crippen molar-refractivity contribution >= 4 is 44.8 Å². The summed E-state index contributed by atoms with van der Waals surface area (Å²) in [6.07, 6.45) is 0.255. The number of hydrogen-bond donors (Lipinski definition) is 0. The number of hydrogen-bond acceptors (Lipinski definition) is 4. The molecule has 4 rings (SSSR count). The number of thiocarbonyl (C=S) groups is 1. The highest BCUT2D eigenvalue weighted by Crippen LogP contribution is 2.30. The first kappa shape index (κ1) is 20.6. The van der Waals surface area contributed by atoms with E-state index in [1.807, 2.05) is 56.3 Å². The summed E-state index contributed by atoms with van der Waals surface area (Å²) in [6, 6.07) is 16.4. The number of carbonyl (C=O) groups is 2. The maximum absolute atomic E-state index is 13.0. The largest absolute Gasteiger partial charge is 0.294 e. The van der Waals surface area contributed by atoms with Crippen LogP contribution in [0.4, 0.5) is 0 Å². The van der Waals surface area contributed by atoms with Gasteiger partial charge < -0.3 is 0 Å². The van der Waals surface area contributed by atoms with Crippen LogP contribution in [0.2, 0.25) is 0 Å². The molecule has 2 heterocycles. The van der Waals surface area contributed by atoms with Gasteiger partial charge in [0.15, 0.2) is 5.78 Å². The van der Waals surface area contributed by atoms with Crippen molar-refractivity contribution in [2.75, 3.05) is 0 Å². The minimum Gasteiger partial charge on any atom is -0.294 e. The van der Waals surface area contributed by atoms with E-state index in [9.17, 15) is 9.59 Å². The van der Waals surface area contributed by atoms with Gasteiger partial charge in [-0.05, 0) is 49.2 Å². The molecule has 4 nitrogen and oxygen atoms in total. The minimum atomic E-state index is -0.149. The molecule has 30 heavy (non-hydrogen) atoms. The molecule has 3 aromatic rings. The SMILES string of the molecule is Cc1nc2c(c(C)c1CC(=O)c1ccccc1)C(=S)N(C(=O)c1ccc(Br)cc1)C2. The van der Waals surface area contributed by atoms with E-state index in [2.05, 4.69) is 15.9 Å². The summed E-state index contributed by atoms with van der Waals surface area (Å²) in [7, 11) is 0. The topological polar surface area (TPSA) is 50.3 Å². The van der Waals surface area contributed by atoms with Crippen LogP contribution >= 0.6 is 28.1 Å². The number of fused-ring (bicyclic) bond motifs is 1. The lowest BCUT2D eigenvalue weighted by Crippen LogP contribution is -2.30. The molecule has 1 aromatic heterocycles. The van der Waals surface area contributed by atoms with Crippen molar-refractivity contribution in [3.8, 4) is 0 Å². The predicted molar refractivity (Wildman–Crippen MR) is 124 cm³/mol. The number of Topliss-reactive ketones (excluding diaryl/α,β-unsaturated/α-hetero) is 1. The van der Waals surface area contributed by atoms with Gasteiger partial charge in [0.25, 0.3) is 5.91 Å². The number of halogens is 1. The molecule has 0 saturated carbocycles. The molecule has 0 atom stereocenters. The van der Waals surface area contributed by atoms with Gasteiger partial charge in [0.1, 0.15) is 4.99 Å². The van der Waals surface area contributed by atoms with E-state index in [1.165, 1.54) is 0 Å². The van der Waals surface area contributed by atoms with Gasteiger partial charge in [0.05, 0.1) is 12.2 Å². The highest BCUT2D eigenvalue weighted by Gasteiger charge is 2.33. The predicted octanol–water partition coefficient (Wildman–Crippen LogP) is 5.22. The van der Waals surface area contributed by atoms with Crippen LogP contribution < -0.4 is 0 Å². The molecule has 0 aliphatic carbocycles. The van der Waals surface area contributed by atoms with Gasteiger partial charge >= 0.3 is 0 Å². The van der Waals surface area contributed by atoms with Crippen molar-refractivity contribution in [3.05, 3.63) is 98.3 Å². The van der Waals surface area contributed by atoms with Gasteiger partial charge in [-0.1, -0.05) is 58.5 Å². The fourth-order valence-electron chi connectivity index (χ4n) is 3.78. The van der Waals surface area contributed by atoms with E-state index in [4.69, 9.17) is 17.2 Å². The second-order valence-corrected chi connectivity index (χ2v) is 8.59. The average molecular weight is 479 g/mol. The van der Waals surface area contributed by atoms with Gasteiger partial charge in [-0.15, -0.1) is 0 Å². The van der Waals surface area contributed by atoms with Gasteiger partial charge in [-0.2, -0.15) is 0 Å². The zero-order chi connectivity index (χ0) is 21.4. The molecule has 0 spiro atoms. The molecule has 2 aromatic carbocycles. The number of carbonyl (C=O) groups excluding carboxylic acids is 2. The molecule has 0 radical (unpaired) electrons. The van der Waals surface area contributed by atoms with Crippen LogP contribution in [0.15, 0.2) is 59.1 Å². The van der Waals surface area contributed by atoms with Crippen molar-refractivity contribution in [2.45, 2.75) is 26.8 Å². The summed E-state index contributed by atoms with van der Waals surface area (Å²) >= 11 is 9.05. The van der Waals surface area contributed by atoms with Gasteiger partial charge in [0, 0.05) is 33.3 Å². The van der Waals surface area contributed by atoms with Crippen molar-refractivity contribution in [2.24, 2.45) is 0 Å². The molecule has 0 bridgehead atoms. The molecule has 0 fully saturated rings. The van der Waals surface area contributed by atoms with Crippen LogP contribution in [0.25, 0.3) is 0 Å². The van der Waals surface area contributed by atoms with Crippen molar-refractivity contribution < 1.29 is 9.59 Å². The fourth-order valence-corrected chi connectivity index (χ4v) is 4.46. The van der Waals surface area contributed by atoms with E-state index in [0.29, 0.717) is 22.7 Å². The molecular formula is C24H19BrN2O2S. The summed E-state index contributed by atoms with van der Waals surface area (Å²) in [5, 5.41) is 0. The summed E-state index contributed by atoms with van der Waals surface area (Å²) in [5.41, 5.74) is 5.44. The van der Waals surface area contributed by atoms with Crippen molar-refractivity contribution in [1.29, 1.82) is 0 Å². The number of aromatic nitrogens is 1. The fraction of sp³-hybridized carbons (Fsp3) is 0.167. The third kappa shape index (κ3) is 3.73. The Bertz CT molecular complexity index is 1170. The molecule has 1 aliphatic rings. The van der Waals surface area contributed by atoms with Crippen LogP contribution in [0.3, 0.4) is 0 Å². The van der Waals surface area contributed by atoms with E-state index in [-0.39, 0.29) is 18.1 Å². The number of amides is 1. The number of pyridine rings is 1. The van der Waals surface area contributed by atoms with Crippen molar-refractivity contribution in [3.63, 3.8) is 0 Å². The number of nitrogens with zero attached hydrogens (tertiary/aromatic N) is 2. The Morgan fingerprint density at radius 2 is 1.70 bits per heavy atom. The van der Waals surface area contributed by atoms with E-state index >= 15 is 0 Å². The number of rotatable bonds is 4. The first-order valence-electron chi connectivity index (χ1n) is 9.55. The maximum Gasteiger partial charge on any atom is 0.259 e. The summed E-state index contributed by atoms with van der Waals surface area (Å²) in [5.74, 6) is -0.111. The first-order valence-corrected chi connectivity index (χ1v) is 10.8. The molecule has 6 heteroatoms. The average Bonchev–Trinajstić information content (AvgIpc) is 3.07. The third-order valence-electron chi connectivity index (χ3n) is 5.39. The smallest absolute Gasteiger partial charge is 0.259 e. The number of ketones is 1. The molecule has 1 aliphatic heterocycles. The van der Waals surface area contributed by atoms with Gasteiger partial charge in [0.2, 0.25) is 0 Å². The zero-order valence-electron chi connectivity index (χ0n) is 16.6. The lowest BCUT2D eigenvalue weighted by molar-refractivity contribution is 0.0847. The summed E-state index contributed by atoms with van der Waals surface area (Å²) < 4.78 is 0.909. The normalized spacial score (nSPS) is 12.8. The summed E-state index contributed by atoms with van der Waals surface area (Å²) in [6.45, 7) is 4.21.